The molecular weight excluding hydrogens is 320 g/mol. The van der Waals surface area contributed by atoms with Crippen LogP contribution in [-0.2, 0) is 10.0 Å². The largest absolute Gasteiger partial charge is 0.478 e. The van der Waals surface area contributed by atoms with E-state index in [0.717, 1.165) is 18.9 Å². The number of hydrogen-bond donors (Lipinski definition) is 4. The van der Waals surface area contributed by atoms with E-state index in [4.69, 9.17) is 10.2 Å². The van der Waals surface area contributed by atoms with Gasteiger partial charge >= 0.3 is 5.97 Å². The van der Waals surface area contributed by atoms with Crippen LogP contribution in [0.3, 0.4) is 0 Å². The average molecular weight is 344 g/mol. The molecule has 0 aromatic heterocycles. The van der Waals surface area contributed by atoms with Crippen LogP contribution in [0.4, 0.5) is 5.69 Å². The zero-order valence-electron chi connectivity index (χ0n) is 13.4. The number of aromatic carboxylic acids is 1. The number of aliphatic hydroxyl groups is 1. The predicted molar refractivity (Wildman–Crippen MR) is 88.3 cm³/mol. The van der Waals surface area contributed by atoms with Crippen LogP contribution in [0, 0.1) is 0 Å². The van der Waals surface area contributed by atoms with Gasteiger partial charge in [-0.1, -0.05) is 13.3 Å². The van der Waals surface area contributed by atoms with E-state index in [1.165, 1.54) is 12.1 Å². The van der Waals surface area contributed by atoms with E-state index in [1.807, 2.05) is 13.8 Å². The molecule has 1 rings (SSSR count). The van der Waals surface area contributed by atoms with Crippen LogP contribution in [0.15, 0.2) is 23.1 Å². The maximum atomic E-state index is 12.4. The number of benzene rings is 1. The summed E-state index contributed by atoms with van der Waals surface area (Å²) in [6.45, 7) is 3.92. The van der Waals surface area contributed by atoms with Crippen LogP contribution in [0.5, 0.6) is 0 Å². The summed E-state index contributed by atoms with van der Waals surface area (Å²) in [6.07, 6.45) is 2.09. The average Bonchev–Trinajstić information content (AvgIpc) is 2.47. The number of sulfonamides is 1. The first-order chi connectivity index (χ1) is 10.8. The quantitative estimate of drug-likeness (QED) is 0.480. The van der Waals surface area contributed by atoms with Gasteiger partial charge in [0.05, 0.1) is 11.3 Å². The van der Waals surface area contributed by atoms with Crippen LogP contribution in [0.25, 0.3) is 0 Å². The molecule has 1 atom stereocenters. The van der Waals surface area contributed by atoms with E-state index < -0.39 is 16.0 Å². The fraction of sp³-hybridized carbons (Fsp3) is 0.533. The van der Waals surface area contributed by atoms with Crippen molar-refractivity contribution in [3.8, 4) is 0 Å². The molecule has 0 heterocycles. The van der Waals surface area contributed by atoms with Gasteiger partial charge in [-0.2, -0.15) is 0 Å². The van der Waals surface area contributed by atoms with Crippen LogP contribution in [-0.4, -0.2) is 43.8 Å². The Morgan fingerprint density at radius 2 is 2.04 bits per heavy atom. The second kappa shape index (κ2) is 8.85. The Hall–Kier alpha value is -1.64. The lowest BCUT2D eigenvalue weighted by atomic mass is 10.1. The van der Waals surface area contributed by atoms with Crippen LogP contribution >= 0.6 is 0 Å². The van der Waals surface area contributed by atoms with Gasteiger partial charge in [-0.3, -0.25) is 0 Å². The Balaban J connectivity index is 3.17. The van der Waals surface area contributed by atoms with Crippen molar-refractivity contribution in [2.24, 2.45) is 0 Å². The number of hydrogen-bond acceptors (Lipinski definition) is 5. The summed E-state index contributed by atoms with van der Waals surface area (Å²) in [5.41, 5.74) is 0.272. The van der Waals surface area contributed by atoms with Crippen LogP contribution < -0.4 is 10.0 Å². The molecule has 0 fully saturated rings. The summed E-state index contributed by atoms with van der Waals surface area (Å²) in [5.74, 6) is -1.19. The lowest BCUT2D eigenvalue weighted by Crippen LogP contribution is -2.27. The number of anilines is 1. The Morgan fingerprint density at radius 3 is 2.61 bits per heavy atom. The Morgan fingerprint density at radius 1 is 1.35 bits per heavy atom. The second-order valence-electron chi connectivity index (χ2n) is 5.33. The Labute approximate surface area is 136 Å². The van der Waals surface area contributed by atoms with E-state index in [9.17, 15) is 13.2 Å². The second-order valence-corrected chi connectivity index (χ2v) is 7.06. The molecule has 130 valence electrons. The Kier molecular flexibility index (Phi) is 7.47. The highest BCUT2D eigenvalue weighted by molar-refractivity contribution is 7.89. The fourth-order valence-corrected chi connectivity index (χ4v) is 3.40. The lowest BCUT2D eigenvalue weighted by Gasteiger charge is -2.18. The zero-order valence-corrected chi connectivity index (χ0v) is 14.2. The fourth-order valence-electron chi connectivity index (χ4n) is 2.13. The summed E-state index contributed by atoms with van der Waals surface area (Å²) in [5, 5.41) is 20.9. The van der Waals surface area contributed by atoms with Gasteiger partial charge in [0.25, 0.3) is 0 Å². The topological polar surface area (TPSA) is 116 Å². The van der Waals surface area contributed by atoms with Crippen molar-refractivity contribution in [1.82, 2.24) is 4.72 Å². The summed E-state index contributed by atoms with van der Waals surface area (Å²) < 4.78 is 27.2. The molecule has 0 aliphatic carbocycles. The predicted octanol–water partition coefficient (Wildman–Crippen LogP) is 1.65. The summed E-state index contributed by atoms with van der Waals surface area (Å²) in [6, 6.07) is 4.04. The number of nitrogens with one attached hydrogen (secondary N) is 2. The van der Waals surface area contributed by atoms with Crippen molar-refractivity contribution in [1.29, 1.82) is 0 Å². The minimum absolute atomic E-state index is 0.0575. The highest BCUT2D eigenvalue weighted by atomic mass is 32.2. The van der Waals surface area contributed by atoms with Crippen molar-refractivity contribution < 1.29 is 23.4 Å². The first-order valence-electron chi connectivity index (χ1n) is 7.56. The summed E-state index contributed by atoms with van der Waals surface area (Å²) in [7, 11) is -3.87. The molecule has 8 heteroatoms. The van der Waals surface area contributed by atoms with E-state index in [1.54, 1.807) is 0 Å². The molecule has 0 saturated carbocycles. The maximum Gasteiger partial charge on any atom is 0.335 e. The molecule has 0 bridgehead atoms. The lowest BCUT2D eigenvalue weighted by molar-refractivity contribution is 0.0696. The molecule has 0 saturated heterocycles. The van der Waals surface area contributed by atoms with Crippen molar-refractivity contribution in [2.45, 2.75) is 44.0 Å². The standard InChI is InChI=1S/C15H24N2O5S/c1-3-5-11(2)17-13-7-6-12(15(19)20)10-14(13)23(21,22)16-8-4-9-18/h6-7,10-11,16-18H,3-5,8-9H2,1-2H3,(H,19,20)/t11-/m0/s1. The highest BCUT2D eigenvalue weighted by Crippen LogP contribution is 2.24. The Bertz CT molecular complexity index is 631. The first-order valence-corrected chi connectivity index (χ1v) is 9.04. The smallest absolute Gasteiger partial charge is 0.335 e. The van der Waals surface area contributed by atoms with Crippen molar-refractivity contribution in [3.05, 3.63) is 23.8 Å². The molecule has 1 aromatic carbocycles. The first kappa shape index (κ1) is 19.4. The molecule has 4 N–H and O–H groups in total. The van der Waals surface area contributed by atoms with Crippen molar-refractivity contribution >= 4 is 21.7 Å². The molecule has 0 spiro atoms. The summed E-state index contributed by atoms with van der Waals surface area (Å²) in [4.78, 5) is 11.0. The van der Waals surface area contributed by atoms with E-state index >= 15 is 0 Å². The third kappa shape index (κ3) is 5.81. The number of carboxylic acid groups (broad SMARTS) is 1. The molecule has 7 nitrogen and oxygen atoms in total. The number of rotatable bonds is 10. The number of carboxylic acids is 1. The SMILES string of the molecule is CCC[C@H](C)Nc1ccc(C(=O)O)cc1S(=O)(=O)NCCCO. The van der Waals surface area contributed by atoms with E-state index in [0.29, 0.717) is 5.69 Å². The van der Waals surface area contributed by atoms with Gasteiger partial charge in [0, 0.05) is 19.2 Å². The summed E-state index contributed by atoms with van der Waals surface area (Å²) >= 11 is 0. The molecule has 0 radical (unpaired) electrons. The van der Waals surface area contributed by atoms with E-state index in [2.05, 4.69) is 10.0 Å². The van der Waals surface area contributed by atoms with Crippen LogP contribution in [0.2, 0.25) is 0 Å². The monoisotopic (exact) mass is 344 g/mol. The number of aliphatic hydroxyl groups excluding tert-OH is 1. The molecule has 0 aliphatic rings. The van der Waals surface area contributed by atoms with Crippen molar-refractivity contribution in [2.75, 3.05) is 18.5 Å². The van der Waals surface area contributed by atoms with Crippen molar-refractivity contribution in [3.63, 3.8) is 0 Å². The van der Waals surface area contributed by atoms with Gasteiger partial charge in [0.2, 0.25) is 10.0 Å². The third-order valence-corrected chi connectivity index (χ3v) is 4.77. The zero-order chi connectivity index (χ0) is 17.5. The third-order valence-electron chi connectivity index (χ3n) is 3.27. The molecule has 0 aliphatic heterocycles. The van der Waals surface area contributed by atoms with Crippen LogP contribution in [0.1, 0.15) is 43.5 Å². The van der Waals surface area contributed by atoms with Gasteiger partial charge in [0.1, 0.15) is 4.90 Å². The molecule has 1 aromatic rings. The van der Waals surface area contributed by atoms with E-state index in [-0.39, 0.29) is 36.1 Å². The van der Waals surface area contributed by atoms with Gasteiger partial charge in [-0.25, -0.2) is 17.9 Å². The maximum absolute atomic E-state index is 12.4. The minimum Gasteiger partial charge on any atom is -0.478 e. The normalized spacial score (nSPS) is 12.8. The number of carbonyl (C=O) groups is 1. The molecular formula is C15H24N2O5S. The van der Waals surface area contributed by atoms with Gasteiger partial charge in [0.15, 0.2) is 0 Å². The molecule has 0 amide bonds. The minimum atomic E-state index is -3.87. The van der Waals surface area contributed by atoms with Gasteiger partial charge in [-0.05, 0) is 38.0 Å². The van der Waals surface area contributed by atoms with Gasteiger partial charge < -0.3 is 15.5 Å². The highest BCUT2D eigenvalue weighted by Gasteiger charge is 2.21. The molecule has 0 unspecified atom stereocenters. The van der Waals surface area contributed by atoms with Gasteiger partial charge in [-0.15, -0.1) is 0 Å². The molecule has 23 heavy (non-hydrogen) atoms.